The summed E-state index contributed by atoms with van der Waals surface area (Å²) in [7, 11) is -4.54. The number of hydrogen-bond acceptors (Lipinski definition) is 8. The number of ether oxygens (including phenoxy) is 2. The van der Waals surface area contributed by atoms with E-state index in [9.17, 15) is 19.4 Å². The van der Waals surface area contributed by atoms with Gasteiger partial charge in [0.15, 0.2) is 0 Å². The zero-order valence-corrected chi connectivity index (χ0v) is 42.5. The molecule has 0 fully saturated rings. The summed E-state index contributed by atoms with van der Waals surface area (Å²) in [4.78, 5) is 22.7. The summed E-state index contributed by atoms with van der Waals surface area (Å²) < 4.78 is 33.5. The van der Waals surface area contributed by atoms with Gasteiger partial charge in [0, 0.05) is 13.0 Å². The number of phosphoric ester groups is 1. The third-order valence-corrected chi connectivity index (χ3v) is 11.4. The van der Waals surface area contributed by atoms with Crippen LogP contribution in [0.3, 0.4) is 0 Å². The summed E-state index contributed by atoms with van der Waals surface area (Å²) in [5, 5.41) is 18.4. The number of aliphatic hydroxyl groups excluding tert-OH is 2. The molecule has 3 unspecified atom stereocenters. The molecule has 0 amide bonds. The van der Waals surface area contributed by atoms with Crippen LogP contribution in [0.1, 0.15) is 194 Å². The first-order chi connectivity index (χ1) is 32.3. The molecule has 378 valence electrons. The van der Waals surface area contributed by atoms with Crippen molar-refractivity contribution in [2.45, 2.75) is 206 Å². The highest BCUT2D eigenvalue weighted by Gasteiger charge is 2.26. The van der Waals surface area contributed by atoms with E-state index in [-0.39, 0.29) is 13.0 Å². The third kappa shape index (κ3) is 50.5. The highest BCUT2D eigenvalue weighted by atomic mass is 31.2. The van der Waals surface area contributed by atoms with Gasteiger partial charge in [-0.2, -0.15) is 0 Å². The van der Waals surface area contributed by atoms with Crippen LogP contribution in [0.4, 0.5) is 0 Å². The van der Waals surface area contributed by atoms with E-state index < -0.39 is 45.8 Å². The molecule has 0 spiro atoms. The van der Waals surface area contributed by atoms with Gasteiger partial charge in [-0.05, 0) is 96.3 Å². The van der Waals surface area contributed by atoms with Crippen molar-refractivity contribution in [3.8, 4) is 0 Å². The van der Waals surface area contributed by atoms with Gasteiger partial charge in [0.25, 0.3) is 0 Å². The molecular weight excluding hydrogens is 848 g/mol. The zero-order valence-electron chi connectivity index (χ0n) is 41.6. The minimum Gasteiger partial charge on any atom is -0.457 e. The largest absolute Gasteiger partial charge is 0.472 e. The number of hydrogen-bond donors (Lipinski definition) is 3. The number of aliphatic hydroxyl groups is 2. The molecule has 0 aliphatic rings. The molecule has 0 radical (unpaired) electrons. The van der Waals surface area contributed by atoms with Crippen LogP contribution >= 0.6 is 7.82 Å². The lowest BCUT2D eigenvalue weighted by atomic mass is 10.1. The Morgan fingerprint density at radius 1 is 0.470 bits per heavy atom. The fourth-order valence-corrected chi connectivity index (χ4v) is 7.40. The smallest absolute Gasteiger partial charge is 0.457 e. The Bertz CT molecular complexity index is 1390. The van der Waals surface area contributed by atoms with Gasteiger partial charge in [0.05, 0.1) is 26.4 Å². The lowest BCUT2D eigenvalue weighted by Gasteiger charge is -2.20. The molecule has 3 atom stereocenters. The second-order valence-corrected chi connectivity index (χ2v) is 18.2. The fraction of sp³-hybridized carbons (Fsp3) is 0.661. The first-order valence-electron chi connectivity index (χ1n) is 25.9. The van der Waals surface area contributed by atoms with E-state index in [1.165, 1.54) is 57.8 Å². The molecule has 0 aromatic heterocycles. The highest BCUT2D eigenvalue weighted by molar-refractivity contribution is 7.47. The Kier molecular flexibility index (Phi) is 49.3. The van der Waals surface area contributed by atoms with Crippen molar-refractivity contribution in [1.82, 2.24) is 0 Å². The maximum Gasteiger partial charge on any atom is 0.472 e. The van der Waals surface area contributed by atoms with E-state index in [1.807, 2.05) is 0 Å². The quantitative estimate of drug-likeness (QED) is 0.0236. The normalized spacial score (nSPS) is 14.7. The summed E-state index contributed by atoms with van der Waals surface area (Å²) >= 11 is 0. The van der Waals surface area contributed by atoms with E-state index in [0.29, 0.717) is 13.0 Å². The molecule has 0 heterocycles. The van der Waals surface area contributed by atoms with Gasteiger partial charge in [0.2, 0.25) is 0 Å². The second-order valence-electron chi connectivity index (χ2n) is 16.8. The number of esters is 1. The van der Waals surface area contributed by atoms with E-state index >= 15 is 0 Å². The maximum atomic E-state index is 12.7. The van der Waals surface area contributed by atoms with Gasteiger partial charge in [-0.15, -0.1) is 0 Å². The van der Waals surface area contributed by atoms with Crippen LogP contribution in [0, 0.1) is 0 Å². The predicted molar refractivity (Wildman–Crippen MR) is 278 cm³/mol. The van der Waals surface area contributed by atoms with Gasteiger partial charge in [-0.25, -0.2) is 4.57 Å². The van der Waals surface area contributed by atoms with Gasteiger partial charge in [0.1, 0.15) is 12.2 Å². The van der Waals surface area contributed by atoms with Crippen LogP contribution < -0.4 is 0 Å². The molecule has 0 aliphatic carbocycles. The Labute approximate surface area is 403 Å². The fourth-order valence-electron chi connectivity index (χ4n) is 6.61. The standard InChI is InChI=1S/C56H95O9P/c1-3-5-7-9-11-13-15-17-19-21-23-25-27-28-30-32-34-36-38-40-42-44-46-48-56(59)65-55(53-64-66(60,61)63-51-54(58)50-57)52-62-49-47-45-43-41-39-37-35-33-31-29-26-24-22-20-18-16-14-12-10-8-6-4-2/h5-8,11-14,17-20,23-26,28,30,54-55,57-58H,3-4,9-10,15-16,21-22,27,29,31-53H2,1-2H3,(H,60,61)/b7-5-,8-6-,13-11-,14-12-,19-17-,20-18-,25-23-,26-24-,30-28-. The number of phosphoric acid groups is 1. The van der Waals surface area contributed by atoms with E-state index in [4.69, 9.17) is 23.6 Å². The molecule has 0 saturated heterocycles. The van der Waals surface area contributed by atoms with Crippen molar-refractivity contribution in [3.05, 3.63) is 109 Å². The van der Waals surface area contributed by atoms with Crippen LogP contribution in [0.15, 0.2) is 109 Å². The Morgan fingerprint density at radius 3 is 1.23 bits per heavy atom. The molecule has 10 heteroatoms. The van der Waals surface area contributed by atoms with Crippen molar-refractivity contribution >= 4 is 13.8 Å². The second kappa shape index (κ2) is 51.5. The molecule has 0 aliphatic heterocycles. The number of carbonyl (C=O) groups is 1. The molecule has 0 aromatic rings. The molecule has 0 rings (SSSR count). The SMILES string of the molecule is CC/C=C\C/C=C\C/C=C\C/C=C\C/C=C\CCCCCCCCCC(=O)OC(COCCCCCCCCCCC/C=C\C/C=C\C/C=C\C/C=C\CC)COP(=O)(O)OCC(O)CO. The van der Waals surface area contributed by atoms with Gasteiger partial charge in [-0.3, -0.25) is 13.8 Å². The summed E-state index contributed by atoms with van der Waals surface area (Å²) in [6.45, 7) is 3.25. The lowest BCUT2D eigenvalue weighted by molar-refractivity contribution is -0.154. The average Bonchev–Trinajstić information content (AvgIpc) is 3.31. The number of rotatable bonds is 48. The molecular formula is C56H95O9P. The van der Waals surface area contributed by atoms with Crippen LogP contribution in [0.2, 0.25) is 0 Å². The number of unbranched alkanes of at least 4 members (excludes halogenated alkanes) is 16. The van der Waals surface area contributed by atoms with Crippen LogP contribution in [-0.2, 0) is 27.9 Å². The monoisotopic (exact) mass is 943 g/mol. The van der Waals surface area contributed by atoms with Crippen LogP contribution in [0.5, 0.6) is 0 Å². The Morgan fingerprint density at radius 2 is 0.818 bits per heavy atom. The predicted octanol–water partition coefficient (Wildman–Crippen LogP) is 15.4. The molecule has 0 aromatic carbocycles. The van der Waals surface area contributed by atoms with Crippen LogP contribution in [-0.4, -0.2) is 66.3 Å². The van der Waals surface area contributed by atoms with Crippen molar-refractivity contribution in [3.63, 3.8) is 0 Å². The minimum atomic E-state index is -4.54. The molecule has 9 nitrogen and oxygen atoms in total. The Hall–Kier alpha value is -2.88. The van der Waals surface area contributed by atoms with E-state index in [0.717, 1.165) is 109 Å². The van der Waals surface area contributed by atoms with Crippen molar-refractivity contribution < 1.29 is 43.0 Å². The average molecular weight is 943 g/mol. The van der Waals surface area contributed by atoms with Gasteiger partial charge in [-0.1, -0.05) is 200 Å². The first-order valence-corrected chi connectivity index (χ1v) is 27.4. The third-order valence-electron chi connectivity index (χ3n) is 10.5. The van der Waals surface area contributed by atoms with Gasteiger partial charge < -0.3 is 24.6 Å². The van der Waals surface area contributed by atoms with E-state index in [1.54, 1.807) is 0 Å². The Balaban J connectivity index is 4.14. The summed E-state index contributed by atoms with van der Waals surface area (Å²) in [6.07, 6.45) is 67.6. The number of carbonyl (C=O) groups excluding carboxylic acids is 1. The maximum absolute atomic E-state index is 12.7. The summed E-state index contributed by atoms with van der Waals surface area (Å²) in [6, 6.07) is 0. The highest BCUT2D eigenvalue weighted by Crippen LogP contribution is 2.43. The summed E-state index contributed by atoms with van der Waals surface area (Å²) in [5.74, 6) is -0.400. The topological polar surface area (TPSA) is 132 Å². The van der Waals surface area contributed by atoms with Crippen molar-refractivity contribution in [1.29, 1.82) is 0 Å². The molecule has 66 heavy (non-hydrogen) atoms. The summed E-state index contributed by atoms with van der Waals surface area (Å²) in [5.41, 5.74) is 0. The molecule has 3 N–H and O–H groups in total. The minimum absolute atomic E-state index is 0.0333. The van der Waals surface area contributed by atoms with Crippen molar-refractivity contribution in [2.75, 3.05) is 33.0 Å². The molecule has 0 saturated carbocycles. The van der Waals surface area contributed by atoms with Gasteiger partial charge >= 0.3 is 13.8 Å². The van der Waals surface area contributed by atoms with E-state index in [2.05, 4.69) is 123 Å². The van der Waals surface area contributed by atoms with Crippen LogP contribution in [0.25, 0.3) is 0 Å². The first kappa shape index (κ1) is 63.1. The molecule has 0 bridgehead atoms. The van der Waals surface area contributed by atoms with Crippen molar-refractivity contribution in [2.24, 2.45) is 0 Å². The lowest BCUT2D eigenvalue weighted by Crippen LogP contribution is -2.29. The number of allylic oxidation sites excluding steroid dienone is 18. The zero-order chi connectivity index (χ0) is 48.1.